The third-order valence-electron chi connectivity index (χ3n) is 5.42. The molecule has 2 heterocycles. The molecule has 7 nitrogen and oxygen atoms in total. The molecule has 0 spiro atoms. The molecular formula is C22H21F3N2O5. The minimum Gasteiger partial charge on any atom is -0.492 e. The summed E-state index contributed by atoms with van der Waals surface area (Å²) in [5.41, 5.74) is 0.525. The molecule has 1 fully saturated rings. The molecule has 1 saturated heterocycles. The van der Waals surface area contributed by atoms with Crippen LogP contribution < -0.4 is 4.74 Å². The molecule has 32 heavy (non-hydrogen) atoms. The fourth-order valence-corrected chi connectivity index (χ4v) is 3.83. The Bertz CT molecular complexity index is 1070. The lowest BCUT2D eigenvalue weighted by Crippen LogP contribution is -2.38. The molecule has 0 radical (unpaired) electrons. The first-order chi connectivity index (χ1) is 15.4. The lowest BCUT2D eigenvalue weighted by atomic mass is 9.97. The summed E-state index contributed by atoms with van der Waals surface area (Å²) in [7, 11) is 1.30. The molecule has 2 aromatic rings. The van der Waals surface area contributed by atoms with Gasteiger partial charge in [-0.05, 0) is 0 Å². The van der Waals surface area contributed by atoms with Gasteiger partial charge in [0.1, 0.15) is 18.1 Å². The van der Waals surface area contributed by atoms with Gasteiger partial charge in [0.05, 0.1) is 25.9 Å². The van der Waals surface area contributed by atoms with Crippen LogP contribution in [0.4, 0.5) is 13.2 Å². The van der Waals surface area contributed by atoms with Crippen molar-refractivity contribution < 1.29 is 37.0 Å². The number of halogens is 3. The van der Waals surface area contributed by atoms with Crippen LogP contribution in [0.5, 0.6) is 5.75 Å². The highest BCUT2D eigenvalue weighted by Crippen LogP contribution is 2.29. The van der Waals surface area contributed by atoms with E-state index in [1.807, 2.05) is 0 Å². The van der Waals surface area contributed by atoms with E-state index in [1.54, 1.807) is 10.8 Å². The Morgan fingerprint density at radius 3 is 2.41 bits per heavy atom. The molecule has 1 aliphatic carbocycles. The summed E-state index contributed by atoms with van der Waals surface area (Å²) in [4.78, 5) is 27.8. The lowest BCUT2D eigenvalue weighted by Gasteiger charge is -2.27. The number of benzene rings is 1. The molecule has 1 aliphatic heterocycles. The molecule has 10 heteroatoms. The van der Waals surface area contributed by atoms with Crippen LogP contribution in [0.25, 0.3) is 0 Å². The Morgan fingerprint density at radius 1 is 1.06 bits per heavy atom. The largest absolute Gasteiger partial charge is 0.492 e. The molecule has 1 aromatic heterocycles. The van der Waals surface area contributed by atoms with Crippen LogP contribution in [-0.4, -0.2) is 61.0 Å². The monoisotopic (exact) mass is 450 g/mol. The average molecular weight is 450 g/mol. The highest BCUT2D eigenvalue weighted by atomic mass is 19.1. The van der Waals surface area contributed by atoms with Gasteiger partial charge in [-0.3, -0.25) is 14.5 Å². The minimum atomic E-state index is -1.20. The fraction of sp³-hybridized carbons (Fsp3) is 0.364. The van der Waals surface area contributed by atoms with E-state index >= 15 is 0 Å². The van der Waals surface area contributed by atoms with Gasteiger partial charge < -0.3 is 18.8 Å². The van der Waals surface area contributed by atoms with E-state index in [1.165, 1.54) is 7.11 Å². The number of allylic oxidation sites excluding steroid dienone is 2. The van der Waals surface area contributed by atoms with E-state index in [4.69, 9.17) is 14.2 Å². The van der Waals surface area contributed by atoms with E-state index in [2.05, 4.69) is 4.90 Å². The van der Waals surface area contributed by atoms with Crippen molar-refractivity contribution in [2.75, 3.05) is 40.0 Å². The normalized spacial score (nSPS) is 16.7. The maximum atomic E-state index is 13.9. The number of ether oxygens (including phenoxy) is 3. The van der Waals surface area contributed by atoms with E-state index in [0.717, 1.165) is 19.2 Å². The first-order valence-electron chi connectivity index (χ1n) is 10.0. The fourth-order valence-electron chi connectivity index (χ4n) is 3.83. The van der Waals surface area contributed by atoms with E-state index in [0.29, 0.717) is 38.4 Å². The van der Waals surface area contributed by atoms with E-state index < -0.39 is 34.8 Å². The number of methoxy groups -OCH3 is 1. The summed E-state index contributed by atoms with van der Waals surface area (Å²) in [5.74, 6) is -5.26. The number of hydrogen-bond donors (Lipinski definition) is 0. The van der Waals surface area contributed by atoms with Crippen molar-refractivity contribution in [2.24, 2.45) is 0 Å². The van der Waals surface area contributed by atoms with Crippen molar-refractivity contribution in [3.8, 4) is 5.75 Å². The molecule has 4 rings (SSSR count). The van der Waals surface area contributed by atoms with Crippen molar-refractivity contribution >= 4 is 11.6 Å². The van der Waals surface area contributed by atoms with E-state index in [-0.39, 0.29) is 29.2 Å². The number of morpholine rings is 1. The molecule has 170 valence electrons. The number of carbonyl (C=O) groups excluding carboxylic acids is 2. The topological polar surface area (TPSA) is 70.0 Å². The van der Waals surface area contributed by atoms with Gasteiger partial charge in [-0.15, -0.1) is 0 Å². The van der Waals surface area contributed by atoms with Crippen molar-refractivity contribution in [3.05, 3.63) is 64.4 Å². The Kier molecular flexibility index (Phi) is 6.33. The summed E-state index contributed by atoms with van der Waals surface area (Å²) in [6.07, 6.45) is 2.65. The summed E-state index contributed by atoms with van der Waals surface area (Å²) in [6.45, 7) is 3.35. The zero-order valence-electron chi connectivity index (χ0n) is 17.3. The Balaban J connectivity index is 1.63. The highest BCUT2D eigenvalue weighted by Gasteiger charge is 2.33. The molecular weight excluding hydrogens is 429 g/mol. The third kappa shape index (κ3) is 4.28. The van der Waals surface area contributed by atoms with Gasteiger partial charge in [-0.2, -0.15) is 0 Å². The van der Waals surface area contributed by atoms with Crippen LogP contribution in [0.1, 0.15) is 26.4 Å². The number of rotatable bonds is 7. The maximum Gasteiger partial charge on any atom is 0.244 e. The van der Waals surface area contributed by atoms with Gasteiger partial charge >= 0.3 is 0 Å². The molecule has 0 amide bonds. The summed E-state index contributed by atoms with van der Waals surface area (Å²) in [5, 5.41) is 0. The highest BCUT2D eigenvalue weighted by molar-refractivity contribution is 6.23. The molecule has 2 aliphatic rings. The predicted molar refractivity (Wildman–Crippen MR) is 106 cm³/mol. The second kappa shape index (κ2) is 9.17. The smallest absolute Gasteiger partial charge is 0.244 e. The van der Waals surface area contributed by atoms with Gasteiger partial charge in [-0.25, -0.2) is 13.2 Å². The zero-order chi connectivity index (χ0) is 22.8. The molecule has 0 saturated carbocycles. The van der Waals surface area contributed by atoms with Gasteiger partial charge in [0.25, 0.3) is 0 Å². The molecule has 1 aromatic carbocycles. The van der Waals surface area contributed by atoms with Crippen LogP contribution in [0.3, 0.4) is 0 Å². The van der Waals surface area contributed by atoms with Gasteiger partial charge in [0, 0.05) is 56.1 Å². The van der Waals surface area contributed by atoms with Crippen molar-refractivity contribution in [2.45, 2.75) is 13.2 Å². The van der Waals surface area contributed by atoms with Crippen molar-refractivity contribution in [3.63, 3.8) is 0 Å². The van der Waals surface area contributed by atoms with Crippen LogP contribution in [0.15, 0.2) is 30.2 Å². The quantitative estimate of drug-likeness (QED) is 0.646. The molecule has 0 bridgehead atoms. The number of Topliss-reactive ketones (excluding diaryl/α,β-unsaturated/α-hetero) is 1. The standard InChI is InChI=1S/C22H21F3N2O5/c1-30-18-10-17(28)19-13(12-32-22-15(24)8-14(23)9-16(22)25)11-27(20(19)21(18)29)3-2-26-4-6-31-7-5-26/h8-11H,2-7,12H2,1H3. The Hall–Kier alpha value is -3.11. The minimum absolute atomic E-state index is 0.0867. The first-order valence-corrected chi connectivity index (χ1v) is 10.0. The number of carbonyl (C=O) groups is 2. The summed E-state index contributed by atoms with van der Waals surface area (Å²) in [6, 6.07) is 1.01. The maximum absolute atomic E-state index is 13.9. The number of ketones is 2. The molecule has 0 unspecified atom stereocenters. The molecule has 0 atom stereocenters. The Labute approximate surface area is 182 Å². The lowest BCUT2D eigenvalue weighted by molar-refractivity contribution is 0.0363. The van der Waals surface area contributed by atoms with Gasteiger partial charge in [-0.1, -0.05) is 0 Å². The second-order valence-electron chi connectivity index (χ2n) is 7.42. The summed E-state index contributed by atoms with van der Waals surface area (Å²) >= 11 is 0. The second-order valence-corrected chi connectivity index (χ2v) is 7.42. The number of hydrogen-bond acceptors (Lipinski definition) is 6. The Morgan fingerprint density at radius 2 is 1.75 bits per heavy atom. The number of fused-ring (bicyclic) bond motifs is 1. The summed E-state index contributed by atoms with van der Waals surface area (Å²) < 4.78 is 58.3. The zero-order valence-corrected chi connectivity index (χ0v) is 17.3. The SMILES string of the molecule is COC1=CC(=O)c2c(COc3c(F)cc(F)cc3F)cn(CCN3CCOCC3)c2C1=O. The van der Waals surface area contributed by atoms with Crippen LogP contribution in [0.2, 0.25) is 0 Å². The average Bonchev–Trinajstić information content (AvgIpc) is 3.14. The van der Waals surface area contributed by atoms with Crippen LogP contribution in [0, 0.1) is 17.5 Å². The van der Waals surface area contributed by atoms with Crippen molar-refractivity contribution in [1.82, 2.24) is 9.47 Å². The van der Waals surface area contributed by atoms with Gasteiger partial charge in [0.2, 0.25) is 5.78 Å². The third-order valence-corrected chi connectivity index (χ3v) is 5.42. The molecule has 0 N–H and O–H groups in total. The predicted octanol–water partition coefficient (Wildman–Crippen LogP) is 2.73. The van der Waals surface area contributed by atoms with E-state index in [9.17, 15) is 22.8 Å². The van der Waals surface area contributed by atoms with Crippen molar-refractivity contribution in [1.29, 1.82) is 0 Å². The van der Waals surface area contributed by atoms with Crippen LogP contribution >= 0.6 is 0 Å². The van der Waals surface area contributed by atoms with Gasteiger partial charge in [0.15, 0.2) is 28.9 Å². The van der Waals surface area contributed by atoms with Crippen LogP contribution in [-0.2, 0) is 22.6 Å². The number of nitrogens with zero attached hydrogens (tertiary/aromatic N) is 2. The first kappa shape index (κ1) is 22.1. The number of aromatic nitrogens is 1.